The molecule has 3 aromatic carbocycles. The number of ether oxygens (including phenoxy) is 1. The van der Waals surface area contributed by atoms with Crippen molar-refractivity contribution < 1.29 is 9.53 Å². The molecule has 6 nitrogen and oxygen atoms in total. The molecule has 2 aliphatic rings. The second kappa shape index (κ2) is 10.3. The number of rotatable bonds is 6. The van der Waals surface area contributed by atoms with Crippen LogP contribution in [0.2, 0.25) is 0 Å². The molecule has 180 valence electrons. The predicted octanol–water partition coefficient (Wildman–Crippen LogP) is 4.50. The fraction of sp³-hybridized carbons (Fsp3) is 0.310. The number of amides is 1. The number of methoxy groups -OCH3 is 1. The van der Waals surface area contributed by atoms with E-state index in [0.29, 0.717) is 13.0 Å². The minimum Gasteiger partial charge on any atom is -0.497 e. The Kier molecular flexibility index (Phi) is 6.82. The number of anilines is 1. The first kappa shape index (κ1) is 23.1. The molecule has 1 unspecified atom stereocenters. The minimum absolute atomic E-state index is 0.0427. The Balaban J connectivity index is 1.30. The molecule has 6 heteroatoms. The van der Waals surface area contributed by atoms with Crippen LogP contribution in [0.4, 0.5) is 5.69 Å². The van der Waals surface area contributed by atoms with Gasteiger partial charge in [-0.15, -0.1) is 0 Å². The van der Waals surface area contributed by atoms with Crippen LogP contribution in [0.3, 0.4) is 0 Å². The molecule has 1 fully saturated rings. The lowest BCUT2D eigenvalue weighted by molar-refractivity contribution is -0.134. The predicted molar refractivity (Wildman–Crippen MR) is 140 cm³/mol. The second-order valence-electron chi connectivity index (χ2n) is 9.19. The van der Waals surface area contributed by atoms with Crippen molar-refractivity contribution in [1.29, 1.82) is 0 Å². The average Bonchev–Trinajstić information content (AvgIpc) is 3.36. The zero-order valence-corrected chi connectivity index (χ0v) is 20.4. The van der Waals surface area contributed by atoms with Crippen molar-refractivity contribution >= 4 is 17.3 Å². The van der Waals surface area contributed by atoms with Crippen molar-refractivity contribution in [3.63, 3.8) is 0 Å². The topological polar surface area (TPSA) is 48.4 Å². The molecule has 0 spiro atoms. The maximum atomic E-state index is 13.5. The van der Waals surface area contributed by atoms with Crippen LogP contribution in [0.25, 0.3) is 0 Å². The van der Waals surface area contributed by atoms with Gasteiger partial charge >= 0.3 is 0 Å². The Hall–Kier alpha value is -3.64. The van der Waals surface area contributed by atoms with Gasteiger partial charge in [-0.1, -0.05) is 60.7 Å². The zero-order valence-electron chi connectivity index (χ0n) is 20.4. The number of aryl methyl sites for hydroxylation is 1. The van der Waals surface area contributed by atoms with Gasteiger partial charge in [-0.05, 0) is 41.8 Å². The minimum atomic E-state index is -0.114. The third-order valence-corrected chi connectivity index (χ3v) is 6.96. The van der Waals surface area contributed by atoms with Crippen LogP contribution in [0.15, 0.2) is 84.0 Å². The van der Waals surface area contributed by atoms with E-state index in [9.17, 15) is 4.79 Å². The Morgan fingerprint density at radius 2 is 1.60 bits per heavy atom. The fourth-order valence-electron chi connectivity index (χ4n) is 4.96. The molecule has 0 bridgehead atoms. The summed E-state index contributed by atoms with van der Waals surface area (Å²) in [4.78, 5) is 18.2. The molecule has 2 aliphatic heterocycles. The lowest BCUT2D eigenvalue weighted by atomic mass is 9.98. The summed E-state index contributed by atoms with van der Waals surface area (Å²) in [6.45, 7) is 6.07. The van der Waals surface area contributed by atoms with Crippen LogP contribution in [0.1, 0.15) is 29.2 Å². The molecule has 5 rings (SSSR count). The first-order valence-corrected chi connectivity index (χ1v) is 12.2. The molecule has 1 atom stereocenters. The second-order valence-corrected chi connectivity index (χ2v) is 9.19. The van der Waals surface area contributed by atoms with Gasteiger partial charge in [0.15, 0.2) is 0 Å². The van der Waals surface area contributed by atoms with E-state index in [1.54, 1.807) is 12.1 Å². The molecular weight excluding hydrogens is 436 g/mol. The number of carbonyl (C=O) groups excluding carboxylic acids is 1. The van der Waals surface area contributed by atoms with E-state index >= 15 is 0 Å². The van der Waals surface area contributed by atoms with Crippen molar-refractivity contribution in [1.82, 2.24) is 9.91 Å². The molecule has 1 amide bonds. The molecule has 1 saturated heterocycles. The van der Waals surface area contributed by atoms with E-state index in [0.717, 1.165) is 48.8 Å². The first-order valence-electron chi connectivity index (χ1n) is 12.2. The molecule has 0 radical (unpaired) electrons. The maximum absolute atomic E-state index is 13.5. The van der Waals surface area contributed by atoms with Crippen molar-refractivity contribution in [3.8, 4) is 5.75 Å². The summed E-state index contributed by atoms with van der Waals surface area (Å²) in [7, 11) is 1.66. The van der Waals surface area contributed by atoms with E-state index in [1.165, 1.54) is 11.3 Å². The van der Waals surface area contributed by atoms with Crippen molar-refractivity contribution in [3.05, 3.63) is 95.6 Å². The van der Waals surface area contributed by atoms with Crippen molar-refractivity contribution in [2.75, 3.05) is 44.7 Å². The van der Waals surface area contributed by atoms with Gasteiger partial charge in [-0.2, -0.15) is 5.10 Å². The Bertz CT molecular complexity index is 1180. The number of hydrogen-bond donors (Lipinski definition) is 0. The van der Waals surface area contributed by atoms with Crippen LogP contribution in [-0.4, -0.2) is 61.4 Å². The molecule has 0 aromatic heterocycles. The number of benzene rings is 3. The van der Waals surface area contributed by atoms with Gasteiger partial charge in [0.25, 0.3) is 5.91 Å². The van der Waals surface area contributed by atoms with E-state index in [2.05, 4.69) is 53.1 Å². The van der Waals surface area contributed by atoms with Gasteiger partial charge in [0.1, 0.15) is 5.75 Å². The lowest BCUT2D eigenvalue weighted by Crippen LogP contribution is -2.49. The molecular formula is C29H32N4O2. The van der Waals surface area contributed by atoms with Gasteiger partial charge < -0.3 is 9.64 Å². The number of hydrogen-bond acceptors (Lipinski definition) is 5. The molecule has 35 heavy (non-hydrogen) atoms. The summed E-state index contributed by atoms with van der Waals surface area (Å²) >= 11 is 0. The summed E-state index contributed by atoms with van der Waals surface area (Å²) in [5.74, 6) is 0.849. The Morgan fingerprint density at radius 1 is 0.914 bits per heavy atom. The number of nitrogens with zero attached hydrogens (tertiary/aromatic N) is 4. The standard InChI is InChI=1S/C29H32N4O2/c1-22-8-6-7-11-27(22)32-18-16-31(17-19-32)21-29(34)33-28(24-12-14-25(35-2)15-13-24)20-26(30-33)23-9-4-3-5-10-23/h3-15,28H,16-21H2,1-2H3. The van der Waals surface area contributed by atoms with Crippen LogP contribution in [0.5, 0.6) is 5.75 Å². The first-order chi connectivity index (χ1) is 17.1. The van der Waals surface area contributed by atoms with Gasteiger partial charge in [0.05, 0.1) is 25.4 Å². The Morgan fingerprint density at radius 3 is 2.29 bits per heavy atom. The largest absolute Gasteiger partial charge is 0.497 e. The number of para-hydroxylation sites is 1. The number of hydrazone groups is 1. The molecule has 0 N–H and O–H groups in total. The number of carbonyl (C=O) groups is 1. The highest BCUT2D eigenvalue weighted by Crippen LogP contribution is 2.34. The van der Waals surface area contributed by atoms with Crippen LogP contribution in [-0.2, 0) is 4.79 Å². The van der Waals surface area contributed by atoms with E-state index < -0.39 is 0 Å². The highest BCUT2D eigenvalue weighted by atomic mass is 16.5. The van der Waals surface area contributed by atoms with Crippen molar-refractivity contribution in [2.24, 2.45) is 5.10 Å². The molecule has 2 heterocycles. The summed E-state index contributed by atoms with van der Waals surface area (Å²) < 4.78 is 5.33. The van der Waals surface area contributed by atoms with Crippen LogP contribution < -0.4 is 9.64 Å². The third kappa shape index (κ3) is 5.08. The van der Waals surface area contributed by atoms with E-state index in [4.69, 9.17) is 9.84 Å². The fourth-order valence-corrected chi connectivity index (χ4v) is 4.96. The molecule has 3 aromatic rings. The number of piperazine rings is 1. The van der Waals surface area contributed by atoms with E-state index in [-0.39, 0.29) is 11.9 Å². The summed E-state index contributed by atoms with van der Waals surface area (Å²) in [5.41, 5.74) is 5.66. The summed E-state index contributed by atoms with van der Waals surface area (Å²) in [5, 5.41) is 6.54. The summed E-state index contributed by atoms with van der Waals surface area (Å²) in [6.07, 6.45) is 0.698. The smallest absolute Gasteiger partial charge is 0.257 e. The third-order valence-electron chi connectivity index (χ3n) is 6.96. The van der Waals surface area contributed by atoms with Gasteiger partial charge in [0, 0.05) is 38.3 Å². The Labute approximate surface area is 207 Å². The SMILES string of the molecule is COc1ccc(C2CC(c3ccccc3)=NN2C(=O)CN2CCN(c3ccccc3C)CC2)cc1. The summed E-state index contributed by atoms with van der Waals surface area (Å²) in [6, 6.07) is 26.5. The monoisotopic (exact) mass is 468 g/mol. The van der Waals surface area contributed by atoms with Crippen LogP contribution in [0, 0.1) is 6.92 Å². The average molecular weight is 469 g/mol. The molecule has 0 aliphatic carbocycles. The van der Waals surface area contributed by atoms with Crippen molar-refractivity contribution in [2.45, 2.75) is 19.4 Å². The van der Waals surface area contributed by atoms with Crippen LogP contribution >= 0.6 is 0 Å². The lowest BCUT2D eigenvalue weighted by Gasteiger charge is -2.37. The normalized spacial score (nSPS) is 18.5. The van der Waals surface area contributed by atoms with Gasteiger partial charge in [0.2, 0.25) is 0 Å². The van der Waals surface area contributed by atoms with E-state index in [1.807, 2.05) is 42.5 Å². The maximum Gasteiger partial charge on any atom is 0.257 e. The molecule has 0 saturated carbocycles. The quantitative estimate of drug-likeness (QED) is 0.534. The van der Waals surface area contributed by atoms with Gasteiger partial charge in [-0.25, -0.2) is 5.01 Å². The highest BCUT2D eigenvalue weighted by Gasteiger charge is 2.34. The highest BCUT2D eigenvalue weighted by molar-refractivity contribution is 6.03. The zero-order chi connectivity index (χ0) is 24.2. The van der Waals surface area contributed by atoms with Gasteiger partial charge in [-0.3, -0.25) is 9.69 Å².